The van der Waals surface area contributed by atoms with E-state index in [1.54, 1.807) is 12.4 Å². The SMILES string of the molecule is C=C1C=CC=NN1/N=C\C. The number of nitrogens with zero attached hydrogens (tertiary/aromatic N) is 3. The van der Waals surface area contributed by atoms with Gasteiger partial charge in [-0.05, 0) is 19.1 Å². The van der Waals surface area contributed by atoms with Crippen LogP contribution < -0.4 is 0 Å². The lowest BCUT2D eigenvalue weighted by molar-refractivity contribution is 0.403. The lowest BCUT2D eigenvalue weighted by atomic mass is 10.4. The second-order valence-corrected chi connectivity index (χ2v) is 1.78. The quantitative estimate of drug-likeness (QED) is 0.499. The summed E-state index contributed by atoms with van der Waals surface area (Å²) in [6.45, 7) is 5.56. The molecular formula is C7H9N3. The van der Waals surface area contributed by atoms with Gasteiger partial charge in [0.05, 0.1) is 5.70 Å². The number of allylic oxidation sites excluding steroid dienone is 2. The van der Waals surface area contributed by atoms with Gasteiger partial charge in [0, 0.05) is 12.4 Å². The summed E-state index contributed by atoms with van der Waals surface area (Å²) in [5.41, 5.74) is 0.778. The average Bonchev–Trinajstić information content (AvgIpc) is 1.94. The topological polar surface area (TPSA) is 28.0 Å². The lowest BCUT2D eigenvalue weighted by Gasteiger charge is -2.13. The molecule has 3 nitrogen and oxygen atoms in total. The Bertz CT molecular complexity index is 213. The van der Waals surface area contributed by atoms with Crippen molar-refractivity contribution in [2.45, 2.75) is 6.92 Å². The molecule has 0 aliphatic carbocycles. The van der Waals surface area contributed by atoms with Crippen LogP contribution in [0.4, 0.5) is 0 Å². The van der Waals surface area contributed by atoms with Crippen molar-refractivity contribution in [2.75, 3.05) is 0 Å². The summed E-state index contributed by atoms with van der Waals surface area (Å²) in [6, 6.07) is 0. The maximum atomic E-state index is 3.92. The first-order valence-electron chi connectivity index (χ1n) is 3.03. The molecule has 1 heterocycles. The van der Waals surface area contributed by atoms with Gasteiger partial charge in [-0.25, -0.2) is 0 Å². The molecule has 0 saturated carbocycles. The van der Waals surface area contributed by atoms with Crippen molar-refractivity contribution in [1.82, 2.24) is 5.12 Å². The molecule has 1 aliphatic heterocycles. The molecule has 0 amide bonds. The van der Waals surface area contributed by atoms with E-state index in [0.717, 1.165) is 5.70 Å². The van der Waals surface area contributed by atoms with E-state index in [-0.39, 0.29) is 0 Å². The largest absolute Gasteiger partial charge is 0.163 e. The van der Waals surface area contributed by atoms with Crippen LogP contribution in [0.5, 0.6) is 0 Å². The van der Waals surface area contributed by atoms with Crippen molar-refractivity contribution in [3.63, 3.8) is 0 Å². The Labute approximate surface area is 60.0 Å². The van der Waals surface area contributed by atoms with Gasteiger partial charge in [-0.2, -0.15) is 15.3 Å². The highest BCUT2D eigenvalue weighted by molar-refractivity contribution is 5.73. The molecule has 0 spiro atoms. The van der Waals surface area contributed by atoms with Gasteiger partial charge in [0.15, 0.2) is 0 Å². The van der Waals surface area contributed by atoms with Crippen molar-refractivity contribution in [2.24, 2.45) is 10.2 Å². The molecule has 1 rings (SSSR count). The minimum absolute atomic E-state index is 0.778. The van der Waals surface area contributed by atoms with Gasteiger partial charge < -0.3 is 0 Å². The van der Waals surface area contributed by atoms with Crippen molar-refractivity contribution in [3.8, 4) is 0 Å². The van der Waals surface area contributed by atoms with Gasteiger partial charge in [-0.1, -0.05) is 6.58 Å². The van der Waals surface area contributed by atoms with Crippen LogP contribution in [-0.4, -0.2) is 17.5 Å². The van der Waals surface area contributed by atoms with Crippen molar-refractivity contribution in [1.29, 1.82) is 0 Å². The third kappa shape index (κ3) is 1.31. The summed E-state index contributed by atoms with van der Waals surface area (Å²) >= 11 is 0. The van der Waals surface area contributed by atoms with Crippen LogP contribution in [0.25, 0.3) is 0 Å². The summed E-state index contributed by atoms with van der Waals surface area (Å²) < 4.78 is 0. The lowest BCUT2D eigenvalue weighted by Crippen LogP contribution is -2.09. The highest BCUT2D eigenvalue weighted by atomic mass is 15.7. The van der Waals surface area contributed by atoms with Crippen LogP contribution in [0.1, 0.15) is 6.92 Å². The summed E-state index contributed by atoms with van der Waals surface area (Å²) in [5, 5.41) is 9.32. The Hall–Kier alpha value is -1.38. The number of hydrogen-bond acceptors (Lipinski definition) is 3. The second-order valence-electron chi connectivity index (χ2n) is 1.78. The maximum Gasteiger partial charge on any atom is 0.0785 e. The van der Waals surface area contributed by atoms with E-state index in [9.17, 15) is 0 Å². The monoisotopic (exact) mass is 135 g/mol. The van der Waals surface area contributed by atoms with Crippen LogP contribution >= 0.6 is 0 Å². The summed E-state index contributed by atoms with van der Waals surface area (Å²) in [6.07, 6.45) is 7.01. The van der Waals surface area contributed by atoms with E-state index in [4.69, 9.17) is 0 Å². The molecule has 52 valence electrons. The molecule has 0 fully saturated rings. The molecule has 0 aromatic carbocycles. The number of hydrazone groups is 2. The molecule has 3 heteroatoms. The highest BCUT2D eigenvalue weighted by Crippen LogP contribution is 2.06. The van der Waals surface area contributed by atoms with E-state index in [1.807, 2.05) is 19.1 Å². The minimum atomic E-state index is 0.778. The van der Waals surface area contributed by atoms with E-state index in [1.165, 1.54) is 5.12 Å². The Morgan fingerprint density at radius 3 is 3.20 bits per heavy atom. The fraction of sp³-hybridized carbons (Fsp3) is 0.143. The van der Waals surface area contributed by atoms with Gasteiger partial charge in [-0.3, -0.25) is 0 Å². The molecular weight excluding hydrogens is 126 g/mol. The third-order valence-corrected chi connectivity index (χ3v) is 1.03. The summed E-state index contributed by atoms with van der Waals surface area (Å²) in [7, 11) is 0. The highest BCUT2D eigenvalue weighted by Gasteiger charge is 2.00. The zero-order valence-electron chi connectivity index (χ0n) is 5.86. The molecule has 0 saturated heterocycles. The van der Waals surface area contributed by atoms with Crippen molar-refractivity contribution < 1.29 is 0 Å². The van der Waals surface area contributed by atoms with Crippen LogP contribution in [0, 0.1) is 0 Å². The first kappa shape index (κ1) is 6.74. The van der Waals surface area contributed by atoms with Gasteiger partial charge in [0.2, 0.25) is 0 Å². The van der Waals surface area contributed by atoms with Crippen LogP contribution in [0.3, 0.4) is 0 Å². The van der Waals surface area contributed by atoms with Crippen molar-refractivity contribution >= 4 is 12.4 Å². The molecule has 0 atom stereocenters. The smallest absolute Gasteiger partial charge is 0.0785 e. The maximum absolute atomic E-state index is 3.92. The summed E-state index contributed by atoms with van der Waals surface area (Å²) in [5.74, 6) is 0. The van der Waals surface area contributed by atoms with Crippen LogP contribution in [-0.2, 0) is 0 Å². The van der Waals surface area contributed by atoms with Crippen molar-refractivity contribution in [3.05, 3.63) is 24.4 Å². The average molecular weight is 135 g/mol. The third-order valence-electron chi connectivity index (χ3n) is 1.03. The standard InChI is InChI=1S/C7H9N3/c1-3-8-10-7(2)5-4-6-9-10/h3-6H,2H2,1H3/b8-3-. The molecule has 0 unspecified atom stereocenters. The normalized spacial score (nSPS) is 17.3. The van der Waals surface area contributed by atoms with Gasteiger partial charge in [0.1, 0.15) is 0 Å². The first-order valence-corrected chi connectivity index (χ1v) is 3.03. The Morgan fingerprint density at radius 1 is 1.80 bits per heavy atom. The van der Waals surface area contributed by atoms with Crippen LogP contribution in [0.15, 0.2) is 34.6 Å². The molecule has 0 bridgehead atoms. The second kappa shape index (κ2) is 2.96. The molecule has 0 aromatic rings. The first-order chi connectivity index (χ1) is 4.84. The molecule has 0 N–H and O–H groups in total. The van der Waals surface area contributed by atoms with Gasteiger partial charge in [-0.15, -0.1) is 0 Å². The Balaban J connectivity index is 2.70. The van der Waals surface area contributed by atoms with Gasteiger partial charge >= 0.3 is 0 Å². The fourth-order valence-corrected chi connectivity index (χ4v) is 0.610. The predicted molar refractivity (Wildman–Crippen MR) is 42.8 cm³/mol. The van der Waals surface area contributed by atoms with E-state index in [2.05, 4.69) is 16.8 Å². The molecule has 10 heavy (non-hydrogen) atoms. The number of rotatable bonds is 1. The molecule has 1 aliphatic rings. The zero-order chi connectivity index (χ0) is 7.40. The van der Waals surface area contributed by atoms with E-state index in [0.29, 0.717) is 0 Å². The summed E-state index contributed by atoms with van der Waals surface area (Å²) in [4.78, 5) is 0. The Morgan fingerprint density at radius 2 is 2.60 bits per heavy atom. The fourth-order valence-electron chi connectivity index (χ4n) is 0.610. The number of hydrogen-bond donors (Lipinski definition) is 0. The minimum Gasteiger partial charge on any atom is -0.163 e. The zero-order valence-corrected chi connectivity index (χ0v) is 5.86. The molecule has 0 aromatic heterocycles. The van der Waals surface area contributed by atoms with E-state index >= 15 is 0 Å². The van der Waals surface area contributed by atoms with E-state index < -0.39 is 0 Å². The van der Waals surface area contributed by atoms with Gasteiger partial charge in [0.25, 0.3) is 0 Å². The Kier molecular flexibility index (Phi) is 1.99. The predicted octanol–water partition coefficient (Wildman–Crippen LogP) is 1.36. The van der Waals surface area contributed by atoms with Crippen LogP contribution in [0.2, 0.25) is 0 Å². The molecule has 0 radical (unpaired) electrons.